The van der Waals surface area contributed by atoms with E-state index in [4.69, 9.17) is 0 Å². The average Bonchev–Trinajstić information content (AvgIpc) is 2.46. The highest BCUT2D eigenvalue weighted by Crippen LogP contribution is 2.35. The summed E-state index contributed by atoms with van der Waals surface area (Å²) in [5, 5.41) is 3.42. The smallest absolute Gasteiger partial charge is 0.0123 e. The molecular formula is C17H34N2. The van der Waals surface area contributed by atoms with E-state index in [1.54, 1.807) is 0 Å². The van der Waals surface area contributed by atoms with E-state index in [0.717, 1.165) is 18.5 Å². The fourth-order valence-corrected chi connectivity index (χ4v) is 4.10. The molecule has 1 N–H and O–H groups in total. The zero-order chi connectivity index (χ0) is 13.3. The zero-order valence-electron chi connectivity index (χ0n) is 13.0. The van der Waals surface area contributed by atoms with Crippen molar-refractivity contribution in [3.63, 3.8) is 0 Å². The van der Waals surface area contributed by atoms with Crippen LogP contribution in [-0.2, 0) is 0 Å². The Kier molecular flexibility index (Phi) is 7.23. The monoisotopic (exact) mass is 266 g/mol. The minimum absolute atomic E-state index is 0.962. The van der Waals surface area contributed by atoms with Crippen LogP contribution in [0.25, 0.3) is 0 Å². The third-order valence-corrected chi connectivity index (χ3v) is 5.16. The lowest BCUT2D eigenvalue weighted by Crippen LogP contribution is -2.47. The Morgan fingerprint density at radius 3 is 2.63 bits per heavy atom. The lowest BCUT2D eigenvalue weighted by molar-refractivity contribution is 0.0595. The van der Waals surface area contributed by atoms with Gasteiger partial charge in [-0.05, 0) is 70.6 Å². The summed E-state index contributed by atoms with van der Waals surface area (Å²) in [6.07, 6.45) is 14.6. The van der Waals surface area contributed by atoms with Gasteiger partial charge in [0.15, 0.2) is 0 Å². The van der Waals surface area contributed by atoms with Crippen molar-refractivity contribution >= 4 is 0 Å². The van der Waals surface area contributed by atoms with Gasteiger partial charge in [0, 0.05) is 6.04 Å². The molecule has 112 valence electrons. The van der Waals surface area contributed by atoms with Gasteiger partial charge >= 0.3 is 0 Å². The second-order valence-corrected chi connectivity index (χ2v) is 6.56. The minimum atomic E-state index is 0.962. The maximum absolute atomic E-state index is 3.42. The lowest BCUT2D eigenvalue weighted by atomic mass is 9.78. The third kappa shape index (κ3) is 5.07. The molecule has 19 heavy (non-hydrogen) atoms. The van der Waals surface area contributed by atoms with E-state index in [9.17, 15) is 0 Å². The molecule has 0 amide bonds. The molecular weight excluding hydrogens is 232 g/mol. The van der Waals surface area contributed by atoms with Crippen LogP contribution >= 0.6 is 0 Å². The highest BCUT2D eigenvalue weighted by Gasteiger charge is 2.32. The van der Waals surface area contributed by atoms with Gasteiger partial charge in [0.1, 0.15) is 0 Å². The van der Waals surface area contributed by atoms with Crippen molar-refractivity contribution < 1.29 is 0 Å². The number of hydrogen-bond acceptors (Lipinski definition) is 2. The summed E-state index contributed by atoms with van der Waals surface area (Å²) in [6, 6.07) is 0.962. The molecule has 0 aromatic heterocycles. The Morgan fingerprint density at radius 2 is 1.74 bits per heavy atom. The van der Waals surface area contributed by atoms with Crippen LogP contribution in [0, 0.1) is 5.92 Å². The van der Waals surface area contributed by atoms with Gasteiger partial charge in [0.2, 0.25) is 0 Å². The molecule has 0 bridgehead atoms. The highest BCUT2D eigenvalue weighted by atomic mass is 15.2. The molecule has 2 atom stereocenters. The van der Waals surface area contributed by atoms with E-state index in [1.165, 1.54) is 83.8 Å². The van der Waals surface area contributed by atoms with Crippen LogP contribution in [0.5, 0.6) is 0 Å². The molecule has 1 aliphatic heterocycles. The molecule has 2 aliphatic rings. The van der Waals surface area contributed by atoms with E-state index in [-0.39, 0.29) is 0 Å². The van der Waals surface area contributed by atoms with E-state index < -0.39 is 0 Å². The number of hydrogen-bond donors (Lipinski definition) is 1. The quantitative estimate of drug-likeness (QED) is 0.672. The largest absolute Gasteiger partial charge is 0.317 e. The Labute approximate surface area is 120 Å². The van der Waals surface area contributed by atoms with E-state index >= 15 is 0 Å². The number of rotatable bonds is 8. The van der Waals surface area contributed by atoms with Gasteiger partial charge < -0.3 is 10.2 Å². The van der Waals surface area contributed by atoms with Crippen LogP contribution < -0.4 is 5.32 Å². The normalized spacial score (nSPS) is 28.3. The number of fused-ring (bicyclic) bond motifs is 1. The van der Waals surface area contributed by atoms with Gasteiger partial charge in [0.05, 0.1) is 0 Å². The van der Waals surface area contributed by atoms with Crippen LogP contribution in [-0.4, -0.2) is 37.1 Å². The first-order valence-corrected chi connectivity index (χ1v) is 8.86. The standard InChI is InChI=1S/C17H34N2/c1-2-18-13-7-3-4-8-14-19-15-9-11-16-10-5-6-12-17(16)19/h16-18H,2-15H2,1H3. The van der Waals surface area contributed by atoms with Gasteiger partial charge in [-0.3, -0.25) is 0 Å². The van der Waals surface area contributed by atoms with Crippen molar-refractivity contribution in [2.24, 2.45) is 5.92 Å². The fourth-order valence-electron chi connectivity index (χ4n) is 4.10. The molecule has 2 heteroatoms. The first kappa shape index (κ1) is 15.3. The van der Waals surface area contributed by atoms with Crippen LogP contribution in [0.4, 0.5) is 0 Å². The lowest BCUT2D eigenvalue weighted by Gasteiger charge is -2.44. The summed E-state index contributed by atoms with van der Waals surface area (Å²) in [5.74, 6) is 1.05. The first-order valence-electron chi connectivity index (χ1n) is 8.86. The third-order valence-electron chi connectivity index (χ3n) is 5.16. The summed E-state index contributed by atoms with van der Waals surface area (Å²) in [5.41, 5.74) is 0. The van der Waals surface area contributed by atoms with Crippen molar-refractivity contribution in [1.82, 2.24) is 10.2 Å². The predicted molar refractivity (Wildman–Crippen MR) is 83.6 cm³/mol. The first-order chi connectivity index (χ1) is 9.42. The number of unbranched alkanes of at least 4 members (excludes halogenated alkanes) is 3. The van der Waals surface area contributed by atoms with Crippen molar-refractivity contribution in [1.29, 1.82) is 0 Å². The topological polar surface area (TPSA) is 15.3 Å². The van der Waals surface area contributed by atoms with Gasteiger partial charge in [-0.25, -0.2) is 0 Å². The molecule has 2 fully saturated rings. The molecule has 0 spiro atoms. The number of nitrogens with one attached hydrogen (secondary N) is 1. The van der Waals surface area contributed by atoms with Crippen molar-refractivity contribution in [3.8, 4) is 0 Å². The molecule has 2 rings (SSSR count). The van der Waals surface area contributed by atoms with Gasteiger partial charge in [-0.1, -0.05) is 32.6 Å². The number of nitrogens with zero attached hydrogens (tertiary/aromatic N) is 1. The number of piperidine rings is 1. The Bertz CT molecular complexity index is 227. The Balaban J connectivity index is 1.56. The fraction of sp³-hybridized carbons (Fsp3) is 1.00. The van der Waals surface area contributed by atoms with Crippen molar-refractivity contribution in [3.05, 3.63) is 0 Å². The van der Waals surface area contributed by atoms with Crippen LogP contribution in [0.1, 0.15) is 71.1 Å². The molecule has 1 aliphatic carbocycles. The van der Waals surface area contributed by atoms with Gasteiger partial charge in [0.25, 0.3) is 0 Å². The second-order valence-electron chi connectivity index (χ2n) is 6.56. The number of likely N-dealkylation sites (tertiary alicyclic amines) is 1. The second kappa shape index (κ2) is 8.97. The van der Waals surface area contributed by atoms with E-state index in [0.29, 0.717) is 0 Å². The van der Waals surface area contributed by atoms with Gasteiger partial charge in [-0.2, -0.15) is 0 Å². The van der Waals surface area contributed by atoms with Crippen LogP contribution in [0.15, 0.2) is 0 Å². The highest BCUT2D eigenvalue weighted by molar-refractivity contribution is 4.87. The Morgan fingerprint density at radius 1 is 0.947 bits per heavy atom. The molecule has 1 saturated carbocycles. The molecule has 0 aromatic carbocycles. The molecule has 0 aromatic rings. The molecule has 1 saturated heterocycles. The summed E-state index contributed by atoms with van der Waals surface area (Å²) in [7, 11) is 0. The summed E-state index contributed by atoms with van der Waals surface area (Å²) < 4.78 is 0. The molecule has 0 radical (unpaired) electrons. The summed E-state index contributed by atoms with van der Waals surface area (Å²) >= 11 is 0. The van der Waals surface area contributed by atoms with Crippen molar-refractivity contribution in [2.75, 3.05) is 26.2 Å². The molecule has 1 heterocycles. The summed E-state index contributed by atoms with van der Waals surface area (Å²) in [6.45, 7) is 7.29. The zero-order valence-corrected chi connectivity index (χ0v) is 13.0. The summed E-state index contributed by atoms with van der Waals surface area (Å²) in [4.78, 5) is 2.84. The van der Waals surface area contributed by atoms with Crippen molar-refractivity contribution in [2.45, 2.75) is 77.2 Å². The van der Waals surface area contributed by atoms with E-state index in [1.807, 2.05) is 0 Å². The maximum atomic E-state index is 3.42. The maximum Gasteiger partial charge on any atom is 0.0123 e. The minimum Gasteiger partial charge on any atom is -0.317 e. The Hall–Kier alpha value is -0.0800. The van der Waals surface area contributed by atoms with Gasteiger partial charge in [-0.15, -0.1) is 0 Å². The predicted octanol–water partition coefficient (Wildman–Crippen LogP) is 3.81. The van der Waals surface area contributed by atoms with E-state index in [2.05, 4.69) is 17.1 Å². The van der Waals surface area contributed by atoms with Crippen LogP contribution in [0.3, 0.4) is 0 Å². The SMILES string of the molecule is CCNCCCCCCN1CCCC2CCCCC21. The van der Waals surface area contributed by atoms with Crippen LogP contribution in [0.2, 0.25) is 0 Å². The average molecular weight is 266 g/mol. The molecule has 2 unspecified atom stereocenters. The molecule has 2 nitrogen and oxygen atoms in total.